The van der Waals surface area contributed by atoms with Gasteiger partial charge in [-0.25, -0.2) is 0 Å². The predicted octanol–water partition coefficient (Wildman–Crippen LogP) is 1.55. The highest BCUT2D eigenvalue weighted by atomic mass is 16.5. The van der Waals surface area contributed by atoms with Gasteiger partial charge in [0.15, 0.2) is 0 Å². The first-order valence-corrected chi connectivity index (χ1v) is 7.57. The molecular weight excluding hydrogens is 228 g/mol. The zero-order chi connectivity index (χ0) is 12.7. The molecule has 0 amide bonds. The monoisotopic (exact) mass is 258 g/mol. The van der Waals surface area contributed by atoms with Crippen molar-refractivity contribution < 1.29 is 9.47 Å². The third kappa shape index (κ3) is 11.0. The molecule has 0 aromatic carbocycles. The standard InChI is InChI=1S/C4H9N.C4H8O.C3H7N.C3H6O/c2*1-2-4-5-3-1;2*1-2-4-3-1/h5H,1-4H2;1-4H2;4H,1-3H2;1-3H2. The van der Waals surface area contributed by atoms with Crippen molar-refractivity contribution in [2.75, 3.05) is 52.6 Å². The van der Waals surface area contributed by atoms with Crippen molar-refractivity contribution in [3.63, 3.8) is 0 Å². The van der Waals surface area contributed by atoms with Gasteiger partial charge in [-0.2, -0.15) is 0 Å². The van der Waals surface area contributed by atoms with E-state index < -0.39 is 0 Å². The maximum Gasteiger partial charge on any atom is 0.0488 e. The van der Waals surface area contributed by atoms with Gasteiger partial charge >= 0.3 is 0 Å². The van der Waals surface area contributed by atoms with Crippen molar-refractivity contribution in [3.8, 4) is 0 Å². The minimum absolute atomic E-state index is 1.00. The predicted molar refractivity (Wildman–Crippen MR) is 75.1 cm³/mol. The van der Waals surface area contributed by atoms with Crippen LogP contribution in [0.5, 0.6) is 0 Å². The van der Waals surface area contributed by atoms with E-state index in [0.29, 0.717) is 0 Å². The molecule has 0 atom stereocenters. The van der Waals surface area contributed by atoms with E-state index in [-0.39, 0.29) is 0 Å². The third-order valence-corrected chi connectivity index (χ3v) is 3.07. The van der Waals surface area contributed by atoms with E-state index in [9.17, 15) is 0 Å². The summed E-state index contributed by atoms with van der Waals surface area (Å²) in [6.45, 7) is 9.00. The van der Waals surface area contributed by atoms with Crippen molar-refractivity contribution in [1.82, 2.24) is 10.6 Å². The lowest BCUT2D eigenvalue weighted by molar-refractivity contribution is 0.0367. The van der Waals surface area contributed by atoms with Gasteiger partial charge in [-0.3, -0.25) is 0 Å². The van der Waals surface area contributed by atoms with Crippen molar-refractivity contribution in [3.05, 3.63) is 0 Å². The largest absolute Gasteiger partial charge is 0.381 e. The van der Waals surface area contributed by atoms with Gasteiger partial charge in [-0.05, 0) is 64.7 Å². The fourth-order valence-electron chi connectivity index (χ4n) is 1.46. The Labute approximate surface area is 112 Å². The average molecular weight is 258 g/mol. The molecule has 0 aromatic heterocycles. The zero-order valence-electron chi connectivity index (χ0n) is 11.7. The fourth-order valence-corrected chi connectivity index (χ4v) is 1.46. The van der Waals surface area contributed by atoms with Crippen LogP contribution in [0.25, 0.3) is 0 Å². The van der Waals surface area contributed by atoms with E-state index in [1.807, 2.05) is 0 Å². The number of hydrogen-bond donors (Lipinski definition) is 2. The van der Waals surface area contributed by atoms with Crippen LogP contribution in [0.4, 0.5) is 0 Å². The summed E-state index contributed by atoms with van der Waals surface area (Å²) < 4.78 is 9.67. The Kier molecular flexibility index (Phi) is 11.7. The van der Waals surface area contributed by atoms with Crippen LogP contribution in [-0.2, 0) is 9.47 Å². The summed E-state index contributed by atoms with van der Waals surface area (Å²) in [6, 6.07) is 0. The first-order valence-electron chi connectivity index (χ1n) is 7.57. The van der Waals surface area contributed by atoms with Gasteiger partial charge in [0.1, 0.15) is 0 Å². The van der Waals surface area contributed by atoms with Gasteiger partial charge in [0, 0.05) is 26.4 Å². The van der Waals surface area contributed by atoms with Crippen molar-refractivity contribution in [2.45, 2.75) is 38.5 Å². The Morgan fingerprint density at radius 3 is 0.944 bits per heavy atom. The van der Waals surface area contributed by atoms with Crippen LogP contribution in [0.3, 0.4) is 0 Å². The molecule has 4 rings (SSSR count). The summed E-state index contributed by atoms with van der Waals surface area (Å²) >= 11 is 0. The summed E-state index contributed by atoms with van der Waals surface area (Å²) in [5.41, 5.74) is 0. The van der Waals surface area contributed by atoms with E-state index in [2.05, 4.69) is 10.6 Å². The second-order valence-corrected chi connectivity index (χ2v) is 4.85. The summed E-state index contributed by atoms with van der Waals surface area (Å²) in [5, 5.41) is 6.33. The topological polar surface area (TPSA) is 42.5 Å². The lowest BCUT2D eigenvalue weighted by Crippen LogP contribution is -2.29. The summed E-state index contributed by atoms with van der Waals surface area (Å²) in [7, 11) is 0. The van der Waals surface area contributed by atoms with E-state index >= 15 is 0 Å². The Hall–Kier alpha value is -0.160. The highest BCUT2D eigenvalue weighted by Crippen LogP contribution is 1.98. The molecule has 0 unspecified atom stereocenters. The molecule has 0 radical (unpaired) electrons. The number of rotatable bonds is 0. The van der Waals surface area contributed by atoms with E-state index in [0.717, 1.165) is 26.4 Å². The number of ether oxygens (including phenoxy) is 2. The quantitative estimate of drug-likeness (QED) is 0.692. The molecule has 0 aromatic rings. The molecule has 2 N–H and O–H groups in total. The molecule has 4 heterocycles. The smallest absolute Gasteiger partial charge is 0.0488 e. The van der Waals surface area contributed by atoms with Crippen molar-refractivity contribution in [2.24, 2.45) is 0 Å². The average Bonchev–Trinajstić information content (AvgIpc) is 2.92. The molecule has 4 aliphatic heterocycles. The Morgan fingerprint density at radius 1 is 0.444 bits per heavy atom. The molecule has 4 fully saturated rings. The third-order valence-electron chi connectivity index (χ3n) is 3.07. The van der Waals surface area contributed by atoms with Gasteiger partial charge in [0.05, 0.1) is 0 Å². The fraction of sp³-hybridized carbons (Fsp3) is 1.00. The van der Waals surface area contributed by atoms with Gasteiger partial charge < -0.3 is 20.1 Å². The SMILES string of the molecule is C1CCNC1.C1CCOC1.C1CNC1.C1COC1. The van der Waals surface area contributed by atoms with E-state index in [1.165, 1.54) is 64.7 Å². The second-order valence-electron chi connectivity index (χ2n) is 4.85. The minimum Gasteiger partial charge on any atom is -0.381 e. The van der Waals surface area contributed by atoms with Crippen LogP contribution in [0, 0.1) is 0 Å². The molecular formula is C14H30N2O2. The van der Waals surface area contributed by atoms with Crippen LogP contribution in [-0.4, -0.2) is 52.6 Å². The van der Waals surface area contributed by atoms with Gasteiger partial charge in [-0.15, -0.1) is 0 Å². The molecule has 4 saturated heterocycles. The molecule has 18 heavy (non-hydrogen) atoms. The lowest BCUT2D eigenvalue weighted by Gasteiger charge is -2.09. The van der Waals surface area contributed by atoms with Crippen LogP contribution in [0.1, 0.15) is 38.5 Å². The first kappa shape index (κ1) is 15.9. The van der Waals surface area contributed by atoms with Crippen molar-refractivity contribution >= 4 is 0 Å². The Bertz CT molecular complexity index is 111. The normalized spacial score (nSPS) is 24.0. The lowest BCUT2D eigenvalue weighted by atomic mass is 10.3. The van der Waals surface area contributed by atoms with Gasteiger partial charge in [0.25, 0.3) is 0 Å². The van der Waals surface area contributed by atoms with Gasteiger partial charge in [0.2, 0.25) is 0 Å². The molecule has 0 bridgehead atoms. The molecule has 4 nitrogen and oxygen atoms in total. The zero-order valence-corrected chi connectivity index (χ0v) is 11.7. The highest BCUT2D eigenvalue weighted by molar-refractivity contribution is 4.56. The Morgan fingerprint density at radius 2 is 0.833 bits per heavy atom. The van der Waals surface area contributed by atoms with Crippen LogP contribution >= 0.6 is 0 Å². The maximum absolute atomic E-state index is 4.94. The summed E-state index contributed by atoms with van der Waals surface area (Å²) in [6.07, 6.45) is 8.00. The first-order chi connectivity index (χ1) is 9.00. The number of hydrogen-bond acceptors (Lipinski definition) is 4. The van der Waals surface area contributed by atoms with E-state index in [4.69, 9.17) is 9.47 Å². The molecule has 4 aliphatic rings. The van der Waals surface area contributed by atoms with E-state index in [1.54, 1.807) is 0 Å². The van der Waals surface area contributed by atoms with Crippen LogP contribution in [0.15, 0.2) is 0 Å². The summed E-state index contributed by atoms with van der Waals surface area (Å²) in [5.74, 6) is 0. The molecule has 0 saturated carbocycles. The summed E-state index contributed by atoms with van der Waals surface area (Å²) in [4.78, 5) is 0. The van der Waals surface area contributed by atoms with Crippen molar-refractivity contribution in [1.29, 1.82) is 0 Å². The maximum atomic E-state index is 4.94. The highest BCUT2D eigenvalue weighted by Gasteiger charge is 1.95. The van der Waals surface area contributed by atoms with Gasteiger partial charge in [-0.1, -0.05) is 0 Å². The Balaban J connectivity index is 0.000000121. The van der Waals surface area contributed by atoms with Crippen LogP contribution in [0.2, 0.25) is 0 Å². The minimum atomic E-state index is 1.00. The molecule has 0 aliphatic carbocycles. The molecule has 4 heteroatoms. The molecule has 0 spiro atoms. The molecule has 108 valence electrons. The number of nitrogens with one attached hydrogen (secondary N) is 2. The second kappa shape index (κ2) is 13.3. The van der Waals surface area contributed by atoms with Crippen LogP contribution < -0.4 is 10.6 Å².